The van der Waals surface area contributed by atoms with E-state index in [1.54, 1.807) is 4.68 Å². The van der Waals surface area contributed by atoms with Gasteiger partial charge in [0.1, 0.15) is 11.3 Å². The molecule has 0 aliphatic carbocycles. The van der Waals surface area contributed by atoms with Gasteiger partial charge >= 0.3 is 0 Å². The maximum Gasteiger partial charge on any atom is 0.177 e. The van der Waals surface area contributed by atoms with Crippen molar-refractivity contribution in [2.24, 2.45) is 5.92 Å². The minimum Gasteiger partial charge on any atom is -0.394 e. The number of nitrogens with one attached hydrogen (secondary N) is 1. The Bertz CT molecular complexity index is 743. The first-order chi connectivity index (χ1) is 10.2. The lowest BCUT2D eigenvalue weighted by molar-refractivity contribution is 0.269. The largest absolute Gasteiger partial charge is 0.394 e. The van der Waals surface area contributed by atoms with Gasteiger partial charge in [-0.05, 0) is 24.1 Å². The van der Waals surface area contributed by atoms with E-state index in [4.69, 9.17) is 0 Å². The number of H-pyrrole nitrogens is 1. The van der Waals surface area contributed by atoms with Crippen LogP contribution in [0.4, 0.5) is 0 Å². The fourth-order valence-electron chi connectivity index (χ4n) is 2.34. The highest BCUT2D eigenvalue weighted by Crippen LogP contribution is 2.19. The van der Waals surface area contributed by atoms with Gasteiger partial charge in [-0.2, -0.15) is 5.10 Å². The summed E-state index contributed by atoms with van der Waals surface area (Å²) in [6, 6.07) is 5.93. The molecule has 0 fully saturated rings. The van der Waals surface area contributed by atoms with Crippen molar-refractivity contribution in [2.45, 2.75) is 26.8 Å². The molecule has 6 nitrogen and oxygen atoms in total. The van der Waals surface area contributed by atoms with Gasteiger partial charge in [0.05, 0.1) is 13.2 Å². The Hall–Kier alpha value is -2.21. The van der Waals surface area contributed by atoms with Gasteiger partial charge in [0.2, 0.25) is 0 Å². The number of rotatable bonds is 5. The standard InChI is InChI=1S/C15H19N5O/c1-10(2)9-13-18-15(20(19-13)7-8-21)12-4-3-11-5-6-16-14(11)17-12/h3-6,10,21H,7-9H2,1-2H3,(H,16,17). The van der Waals surface area contributed by atoms with E-state index in [0.29, 0.717) is 18.3 Å². The zero-order valence-electron chi connectivity index (χ0n) is 12.2. The number of hydrogen-bond donors (Lipinski definition) is 2. The minimum absolute atomic E-state index is 0.0300. The molecule has 3 aromatic rings. The van der Waals surface area contributed by atoms with Gasteiger partial charge in [-0.15, -0.1) is 0 Å². The molecular formula is C15H19N5O. The molecule has 0 radical (unpaired) electrons. The molecule has 110 valence electrons. The lowest BCUT2D eigenvalue weighted by Gasteiger charge is -2.03. The van der Waals surface area contributed by atoms with Crippen molar-refractivity contribution in [3.8, 4) is 11.5 Å². The van der Waals surface area contributed by atoms with Crippen molar-refractivity contribution < 1.29 is 5.11 Å². The summed E-state index contributed by atoms with van der Waals surface area (Å²) >= 11 is 0. The minimum atomic E-state index is 0.0300. The average Bonchev–Trinajstić information content (AvgIpc) is 3.04. The summed E-state index contributed by atoms with van der Waals surface area (Å²) in [4.78, 5) is 12.3. The smallest absolute Gasteiger partial charge is 0.177 e. The lowest BCUT2D eigenvalue weighted by atomic mass is 10.1. The first kappa shape index (κ1) is 13.8. The van der Waals surface area contributed by atoms with E-state index in [1.165, 1.54) is 0 Å². The van der Waals surface area contributed by atoms with Crippen molar-refractivity contribution >= 4 is 11.0 Å². The molecule has 0 saturated carbocycles. The summed E-state index contributed by atoms with van der Waals surface area (Å²) in [5, 5.41) is 14.7. The molecule has 0 aromatic carbocycles. The Morgan fingerprint density at radius 2 is 2.10 bits per heavy atom. The van der Waals surface area contributed by atoms with E-state index in [9.17, 15) is 5.11 Å². The van der Waals surface area contributed by atoms with Gasteiger partial charge in [0.25, 0.3) is 0 Å². The molecule has 2 N–H and O–H groups in total. The second-order valence-electron chi connectivity index (χ2n) is 5.51. The van der Waals surface area contributed by atoms with E-state index >= 15 is 0 Å². The molecule has 0 bridgehead atoms. The highest BCUT2D eigenvalue weighted by molar-refractivity contribution is 5.77. The SMILES string of the molecule is CC(C)Cc1nc(-c2ccc3cc[nH]c3n2)n(CCO)n1. The predicted molar refractivity (Wildman–Crippen MR) is 80.7 cm³/mol. The summed E-state index contributed by atoms with van der Waals surface area (Å²) in [5.41, 5.74) is 1.59. The number of aromatic amines is 1. The number of hydrogen-bond acceptors (Lipinski definition) is 4. The van der Waals surface area contributed by atoms with Crippen LogP contribution in [-0.4, -0.2) is 36.4 Å². The van der Waals surface area contributed by atoms with Crippen LogP contribution in [0.1, 0.15) is 19.7 Å². The molecular weight excluding hydrogens is 266 g/mol. The fraction of sp³-hybridized carbons (Fsp3) is 0.400. The van der Waals surface area contributed by atoms with Crippen LogP contribution >= 0.6 is 0 Å². The average molecular weight is 285 g/mol. The van der Waals surface area contributed by atoms with E-state index in [2.05, 4.69) is 33.9 Å². The maximum atomic E-state index is 9.21. The highest BCUT2D eigenvalue weighted by Gasteiger charge is 2.14. The topological polar surface area (TPSA) is 79.6 Å². The van der Waals surface area contributed by atoms with Crippen molar-refractivity contribution in [3.05, 3.63) is 30.2 Å². The molecule has 0 spiro atoms. The molecule has 21 heavy (non-hydrogen) atoms. The third kappa shape index (κ3) is 2.80. The first-order valence-electron chi connectivity index (χ1n) is 7.16. The van der Waals surface area contributed by atoms with E-state index in [-0.39, 0.29) is 6.61 Å². The second-order valence-corrected chi connectivity index (χ2v) is 5.51. The van der Waals surface area contributed by atoms with Crippen molar-refractivity contribution in [3.63, 3.8) is 0 Å². The third-order valence-corrected chi connectivity index (χ3v) is 3.26. The number of aromatic nitrogens is 5. The third-order valence-electron chi connectivity index (χ3n) is 3.26. The Morgan fingerprint density at radius 3 is 2.86 bits per heavy atom. The molecule has 6 heteroatoms. The Morgan fingerprint density at radius 1 is 1.24 bits per heavy atom. The molecule has 0 atom stereocenters. The summed E-state index contributed by atoms with van der Waals surface area (Å²) in [5.74, 6) is 1.99. The number of aliphatic hydroxyl groups excluding tert-OH is 1. The zero-order chi connectivity index (χ0) is 14.8. The van der Waals surface area contributed by atoms with Gasteiger partial charge in [0, 0.05) is 18.0 Å². The van der Waals surface area contributed by atoms with Gasteiger partial charge in [-0.3, -0.25) is 0 Å². The molecule has 0 unspecified atom stereocenters. The molecule has 0 saturated heterocycles. The number of fused-ring (bicyclic) bond motifs is 1. The van der Waals surface area contributed by atoms with Crippen LogP contribution in [0.2, 0.25) is 0 Å². The lowest BCUT2D eigenvalue weighted by Crippen LogP contribution is -2.07. The normalized spacial score (nSPS) is 11.6. The van der Waals surface area contributed by atoms with Crippen LogP contribution in [0.3, 0.4) is 0 Å². The number of aliphatic hydroxyl groups is 1. The molecule has 0 amide bonds. The Balaban J connectivity index is 2.03. The van der Waals surface area contributed by atoms with Gasteiger partial charge in [-0.1, -0.05) is 13.8 Å². The number of pyridine rings is 1. The second kappa shape index (κ2) is 5.65. The van der Waals surface area contributed by atoms with E-state index in [1.807, 2.05) is 24.4 Å². The maximum absolute atomic E-state index is 9.21. The van der Waals surface area contributed by atoms with Gasteiger partial charge in [0.15, 0.2) is 11.6 Å². The summed E-state index contributed by atoms with van der Waals surface area (Å²) in [7, 11) is 0. The van der Waals surface area contributed by atoms with Crippen LogP contribution in [0.25, 0.3) is 22.6 Å². The van der Waals surface area contributed by atoms with Crippen LogP contribution in [0.5, 0.6) is 0 Å². The number of nitrogens with zero attached hydrogens (tertiary/aromatic N) is 4. The van der Waals surface area contributed by atoms with E-state index in [0.717, 1.165) is 29.0 Å². The molecule has 0 aliphatic heterocycles. The monoisotopic (exact) mass is 285 g/mol. The summed E-state index contributed by atoms with van der Waals surface area (Å²) < 4.78 is 1.73. The molecule has 3 rings (SSSR count). The molecule has 0 aliphatic rings. The van der Waals surface area contributed by atoms with Crippen LogP contribution < -0.4 is 0 Å². The van der Waals surface area contributed by atoms with E-state index < -0.39 is 0 Å². The van der Waals surface area contributed by atoms with Crippen molar-refractivity contribution in [1.82, 2.24) is 24.7 Å². The molecule has 3 heterocycles. The Kier molecular flexibility index (Phi) is 3.70. The van der Waals surface area contributed by atoms with Crippen LogP contribution in [0, 0.1) is 5.92 Å². The van der Waals surface area contributed by atoms with Crippen molar-refractivity contribution in [2.75, 3.05) is 6.61 Å². The van der Waals surface area contributed by atoms with Gasteiger partial charge in [-0.25, -0.2) is 14.6 Å². The predicted octanol–water partition coefficient (Wildman–Crippen LogP) is 2.01. The fourth-order valence-corrected chi connectivity index (χ4v) is 2.34. The highest BCUT2D eigenvalue weighted by atomic mass is 16.3. The summed E-state index contributed by atoms with van der Waals surface area (Å²) in [6.07, 6.45) is 2.68. The quantitative estimate of drug-likeness (QED) is 0.751. The first-order valence-corrected chi connectivity index (χ1v) is 7.16. The van der Waals surface area contributed by atoms with Crippen molar-refractivity contribution in [1.29, 1.82) is 0 Å². The summed E-state index contributed by atoms with van der Waals surface area (Å²) in [6.45, 7) is 4.72. The zero-order valence-corrected chi connectivity index (χ0v) is 12.2. The molecule has 3 aromatic heterocycles. The van der Waals surface area contributed by atoms with Crippen LogP contribution in [-0.2, 0) is 13.0 Å². The Labute approximate surface area is 122 Å². The van der Waals surface area contributed by atoms with Gasteiger partial charge < -0.3 is 10.1 Å². The van der Waals surface area contributed by atoms with Crippen LogP contribution in [0.15, 0.2) is 24.4 Å².